The Hall–Kier alpha value is -0.380. The second-order valence-electron chi connectivity index (χ2n) is 2.75. The van der Waals surface area contributed by atoms with Crippen LogP contribution in [0.15, 0.2) is 11.4 Å². The summed E-state index contributed by atoms with van der Waals surface area (Å²) in [5, 5.41) is 14.3. The van der Waals surface area contributed by atoms with Crippen molar-refractivity contribution in [1.82, 2.24) is 5.32 Å². The number of aliphatic hydroxyl groups excluding tert-OH is 1. The Morgan fingerprint density at radius 2 is 2.55 bits per heavy atom. The zero-order chi connectivity index (χ0) is 7.68. The first-order chi connectivity index (χ1) is 5.42. The zero-order valence-corrected chi connectivity index (χ0v) is 7.03. The molecule has 0 unspecified atom stereocenters. The molecule has 0 spiro atoms. The van der Waals surface area contributed by atoms with E-state index in [0.717, 1.165) is 11.4 Å². The van der Waals surface area contributed by atoms with Crippen LogP contribution in [-0.2, 0) is 6.61 Å². The summed E-state index contributed by atoms with van der Waals surface area (Å²) in [5.74, 6) is 0. The molecule has 60 valence electrons. The van der Waals surface area contributed by atoms with Gasteiger partial charge in [0.1, 0.15) is 0 Å². The quantitative estimate of drug-likeness (QED) is 0.699. The third kappa shape index (κ3) is 1.20. The Bertz CT molecular complexity index is 242. The molecule has 2 N–H and O–H groups in total. The topological polar surface area (TPSA) is 32.3 Å². The van der Waals surface area contributed by atoms with Gasteiger partial charge in [0.25, 0.3) is 0 Å². The highest BCUT2D eigenvalue weighted by molar-refractivity contribution is 7.10. The molecule has 2 rings (SSSR count). The highest BCUT2D eigenvalue weighted by Crippen LogP contribution is 2.29. The van der Waals surface area contributed by atoms with E-state index < -0.39 is 0 Å². The van der Waals surface area contributed by atoms with Crippen molar-refractivity contribution >= 4 is 11.3 Å². The monoisotopic (exact) mass is 169 g/mol. The Balaban J connectivity index is 2.20. The minimum absolute atomic E-state index is 0.186. The van der Waals surface area contributed by atoms with Gasteiger partial charge in [-0.1, -0.05) is 0 Å². The Morgan fingerprint density at radius 1 is 1.73 bits per heavy atom. The van der Waals surface area contributed by atoms with Crippen LogP contribution in [-0.4, -0.2) is 11.7 Å². The Labute approximate surface area is 69.9 Å². The van der Waals surface area contributed by atoms with Crippen LogP contribution in [0.5, 0.6) is 0 Å². The second kappa shape index (κ2) is 2.93. The maximum atomic E-state index is 8.96. The van der Waals surface area contributed by atoms with Crippen LogP contribution in [0.2, 0.25) is 0 Å². The predicted octanol–water partition coefficient (Wildman–Crippen LogP) is 1.27. The van der Waals surface area contributed by atoms with Gasteiger partial charge in [-0.3, -0.25) is 0 Å². The van der Waals surface area contributed by atoms with Crippen molar-refractivity contribution in [2.24, 2.45) is 0 Å². The molecule has 0 aromatic carbocycles. The van der Waals surface area contributed by atoms with Gasteiger partial charge < -0.3 is 10.4 Å². The van der Waals surface area contributed by atoms with Crippen LogP contribution in [0.4, 0.5) is 0 Å². The van der Waals surface area contributed by atoms with E-state index in [9.17, 15) is 0 Å². The molecular weight excluding hydrogens is 158 g/mol. The average molecular weight is 169 g/mol. The molecule has 1 saturated heterocycles. The molecule has 0 aliphatic carbocycles. The van der Waals surface area contributed by atoms with Gasteiger partial charge in [-0.15, -0.1) is 11.3 Å². The first-order valence-corrected chi connectivity index (χ1v) is 4.70. The van der Waals surface area contributed by atoms with Crippen molar-refractivity contribution in [2.75, 3.05) is 6.54 Å². The maximum Gasteiger partial charge on any atom is 0.0777 e. The summed E-state index contributed by atoms with van der Waals surface area (Å²) >= 11 is 1.64. The highest BCUT2D eigenvalue weighted by atomic mass is 32.1. The van der Waals surface area contributed by atoms with Crippen molar-refractivity contribution < 1.29 is 5.11 Å². The lowest BCUT2D eigenvalue weighted by molar-refractivity contribution is 0.280. The molecule has 2 nitrogen and oxygen atoms in total. The van der Waals surface area contributed by atoms with Gasteiger partial charge in [-0.2, -0.15) is 0 Å². The van der Waals surface area contributed by atoms with E-state index >= 15 is 0 Å². The molecule has 11 heavy (non-hydrogen) atoms. The van der Waals surface area contributed by atoms with Gasteiger partial charge in [0, 0.05) is 10.9 Å². The lowest BCUT2D eigenvalue weighted by Crippen LogP contribution is -2.35. The number of nitrogens with one attached hydrogen (secondary N) is 1. The fraction of sp³-hybridized carbons (Fsp3) is 0.500. The summed E-state index contributed by atoms with van der Waals surface area (Å²) in [7, 11) is 0. The summed E-state index contributed by atoms with van der Waals surface area (Å²) < 4.78 is 0. The first kappa shape index (κ1) is 7.28. The summed E-state index contributed by atoms with van der Waals surface area (Å²) in [6.07, 6.45) is 1.21. The van der Waals surface area contributed by atoms with Gasteiger partial charge in [0.2, 0.25) is 0 Å². The Morgan fingerprint density at radius 3 is 3.09 bits per heavy atom. The maximum absolute atomic E-state index is 8.96. The smallest absolute Gasteiger partial charge is 0.0777 e. The molecule has 2 heterocycles. The van der Waals surface area contributed by atoms with Crippen LogP contribution in [0.25, 0.3) is 0 Å². The van der Waals surface area contributed by atoms with E-state index in [1.165, 1.54) is 12.0 Å². The molecule has 0 radical (unpaired) electrons. The summed E-state index contributed by atoms with van der Waals surface area (Å²) in [4.78, 5) is 1.11. The minimum Gasteiger partial charge on any atom is -0.391 e. The van der Waals surface area contributed by atoms with Crippen molar-refractivity contribution in [3.8, 4) is 0 Å². The van der Waals surface area contributed by atoms with Crippen LogP contribution < -0.4 is 5.32 Å². The van der Waals surface area contributed by atoms with Gasteiger partial charge in [0.05, 0.1) is 6.61 Å². The minimum atomic E-state index is 0.186. The Kier molecular flexibility index (Phi) is 1.94. The molecule has 0 amide bonds. The molecule has 1 aliphatic rings. The van der Waals surface area contributed by atoms with E-state index in [1.54, 1.807) is 11.3 Å². The van der Waals surface area contributed by atoms with Crippen molar-refractivity contribution in [3.05, 3.63) is 21.9 Å². The molecule has 1 aromatic rings. The molecule has 3 heteroatoms. The largest absolute Gasteiger partial charge is 0.391 e. The average Bonchev–Trinajstić information content (AvgIpc) is 2.32. The van der Waals surface area contributed by atoms with Crippen LogP contribution >= 0.6 is 11.3 Å². The number of hydrogen-bond donors (Lipinski definition) is 2. The second-order valence-corrected chi connectivity index (χ2v) is 3.75. The lowest BCUT2D eigenvalue weighted by atomic mass is 9.99. The first-order valence-electron chi connectivity index (χ1n) is 3.82. The third-order valence-corrected chi connectivity index (χ3v) is 3.04. The van der Waals surface area contributed by atoms with E-state index in [1.807, 2.05) is 5.38 Å². The van der Waals surface area contributed by atoms with E-state index in [0.29, 0.717) is 6.04 Å². The number of aliphatic hydroxyl groups is 1. The molecule has 0 saturated carbocycles. The number of hydrogen-bond acceptors (Lipinski definition) is 3. The zero-order valence-electron chi connectivity index (χ0n) is 6.21. The third-order valence-electron chi connectivity index (χ3n) is 2.12. The van der Waals surface area contributed by atoms with Crippen molar-refractivity contribution in [3.63, 3.8) is 0 Å². The van der Waals surface area contributed by atoms with Gasteiger partial charge in [-0.05, 0) is 30.0 Å². The fourth-order valence-corrected chi connectivity index (χ4v) is 2.14. The fourth-order valence-electron chi connectivity index (χ4n) is 1.34. The number of thiophene rings is 1. The standard InChI is InChI=1S/C8H11NOS/c10-5-8-6(2-4-11-8)7-1-3-9-7/h2,4,7,9-10H,1,3,5H2/t7-/m0/s1. The summed E-state index contributed by atoms with van der Waals surface area (Å²) in [5.41, 5.74) is 1.30. The normalized spacial score (nSPS) is 23.2. The lowest BCUT2D eigenvalue weighted by Gasteiger charge is -2.27. The molecular formula is C8H11NOS. The molecule has 0 bridgehead atoms. The van der Waals surface area contributed by atoms with E-state index in [-0.39, 0.29) is 6.61 Å². The van der Waals surface area contributed by atoms with Gasteiger partial charge in [0.15, 0.2) is 0 Å². The van der Waals surface area contributed by atoms with Crippen LogP contribution in [0.1, 0.15) is 22.9 Å². The number of rotatable bonds is 2. The van der Waals surface area contributed by atoms with Crippen molar-refractivity contribution in [1.29, 1.82) is 0 Å². The van der Waals surface area contributed by atoms with Crippen molar-refractivity contribution in [2.45, 2.75) is 19.1 Å². The van der Waals surface area contributed by atoms with Gasteiger partial charge in [-0.25, -0.2) is 0 Å². The van der Waals surface area contributed by atoms with E-state index in [2.05, 4.69) is 11.4 Å². The van der Waals surface area contributed by atoms with E-state index in [4.69, 9.17) is 5.11 Å². The molecule has 1 aliphatic heterocycles. The van der Waals surface area contributed by atoms with Crippen LogP contribution in [0.3, 0.4) is 0 Å². The molecule has 1 aromatic heterocycles. The molecule has 1 atom stereocenters. The summed E-state index contributed by atoms with van der Waals surface area (Å²) in [6.45, 7) is 1.30. The molecule has 1 fully saturated rings. The highest BCUT2D eigenvalue weighted by Gasteiger charge is 2.21. The predicted molar refractivity (Wildman–Crippen MR) is 45.6 cm³/mol. The van der Waals surface area contributed by atoms with Gasteiger partial charge >= 0.3 is 0 Å². The van der Waals surface area contributed by atoms with Crippen LogP contribution in [0, 0.1) is 0 Å². The summed E-state index contributed by atoms with van der Waals surface area (Å²) in [6, 6.07) is 2.62. The SMILES string of the molecule is OCc1sccc1[C@@H]1CCN1.